The van der Waals surface area contributed by atoms with Crippen molar-refractivity contribution >= 4 is 17.6 Å². The summed E-state index contributed by atoms with van der Waals surface area (Å²) >= 11 is 1.38. The molecule has 3 N–H and O–H groups in total. The number of nitrogens with two attached hydrogens (primary N) is 1. The number of methoxy groups -OCH3 is 1. The number of nitriles is 2. The number of anilines is 1. The Morgan fingerprint density at radius 1 is 1.00 bits per heavy atom. The number of ether oxygens (including phenoxy) is 2. The largest absolute Gasteiger partial charge is 0.497 e. The van der Waals surface area contributed by atoms with Crippen LogP contribution in [0.15, 0.2) is 53.6 Å². The van der Waals surface area contributed by atoms with Crippen LogP contribution >= 0.6 is 11.8 Å². The quantitative estimate of drug-likeness (QED) is 0.516. The number of nitrogens with zero attached hydrogens (tertiary/aromatic N) is 3. The van der Waals surface area contributed by atoms with E-state index in [-0.39, 0.29) is 24.6 Å². The van der Waals surface area contributed by atoms with Gasteiger partial charge >= 0.3 is 0 Å². The van der Waals surface area contributed by atoms with Crippen LogP contribution in [0.1, 0.15) is 16.7 Å². The van der Waals surface area contributed by atoms with Crippen LogP contribution in [0.4, 0.5) is 5.82 Å². The van der Waals surface area contributed by atoms with Gasteiger partial charge in [-0.25, -0.2) is 4.98 Å². The molecule has 0 amide bonds. The van der Waals surface area contributed by atoms with Crippen molar-refractivity contribution in [1.29, 1.82) is 10.5 Å². The van der Waals surface area contributed by atoms with E-state index in [0.717, 1.165) is 11.3 Å². The predicted octanol–water partition coefficient (Wildman–Crippen LogP) is 3.75. The first-order chi connectivity index (χ1) is 15.1. The molecule has 2 aromatic carbocycles. The summed E-state index contributed by atoms with van der Waals surface area (Å²) in [6.45, 7) is 0.0924. The smallest absolute Gasteiger partial charge is 0.143 e. The monoisotopic (exact) mass is 432 g/mol. The number of hydrogen-bond donors (Lipinski definition) is 2. The molecule has 0 radical (unpaired) electrons. The Morgan fingerprint density at radius 3 is 2.23 bits per heavy atom. The number of hydrogen-bond acceptors (Lipinski definition) is 8. The fourth-order valence-electron chi connectivity index (χ4n) is 2.95. The standard InChI is InChI=1S/C23H20N4O3S/c1-29-17-6-2-15(3-7-17)14-31-23-20(13-25)21(19(12-24)22(26)27-23)16-4-8-18(9-5-16)30-11-10-28/h2-9,28H,10-11,14H2,1H3,(H2,26,27). The van der Waals surface area contributed by atoms with Crippen LogP contribution in [0.25, 0.3) is 11.1 Å². The van der Waals surface area contributed by atoms with Gasteiger partial charge in [0.15, 0.2) is 0 Å². The molecule has 0 saturated carbocycles. The lowest BCUT2D eigenvalue weighted by Crippen LogP contribution is -2.04. The zero-order valence-electron chi connectivity index (χ0n) is 16.8. The molecule has 1 aromatic heterocycles. The number of pyridine rings is 1. The number of thioether (sulfide) groups is 1. The topological polar surface area (TPSA) is 125 Å². The number of aromatic nitrogens is 1. The van der Waals surface area contributed by atoms with Crippen molar-refractivity contribution in [3.05, 3.63) is 65.2 Å². The van der Waals surface area contributed by atoms with Gasteiger partial charge < -0.3 is 20.3 Å². The molecule has 8 heteroatoms. The molecule has 1 heterocycles. The van der Waals surface area contributed by atoms with Crippen LogP contribution < -0.4 is 15.2 Å². The Balaban J connectivity index is 1.97. The minimum atomic E-state index is -0.0887. The summed E-state index contributed by atoms with van der Waals surface area (Å²) in [4.78, 5) is 4.33. The van der Waals surface area contributed by atoms with Gasteiger partial charge in [0.05, 0.1) is 19.3 Å². The van der Waals surface area contributed by atoms with Crippen molar-refractivity contribution in [2.75, 3.05) is 26.1 Å². The number of nitrogen functional groups attached to an aromatic ring is 1. The van der Waals surface area contributed by atoms with Crippen LogP contribution in [0.5, 0.6) is 11.5 Å². The molecular formula is C23H20N4O3S. The van der Waals surface area contributed by atoms with Gasteiger partial charge in [0.2, 0.25) is 0 Å². The van der Waals surface area contributed by atoms with Gasteiger partial charge in [-0.2, -0.15) is 10.5 Å². The summed E-state index contributed by atoms with van der Waals surface area (Å²) in [6, 6.07) is 18.8. The zero-order chi connectivity index (χ0) is 22.2. The van der Waals surface area contributed by atoms with Gasteiger partial charge in [0, 0.05) is 11.3 Å². The molecule has 0 aliphatic carbocycles. The first-order valence-corrected chi connectivity index (χ1v) is 10.3. The van der Waals surface area contributed by atoms with Gasteiger partial charge in [0.1, 0.15) is 46.7 Å². The number of aliphatic hydroxyl groups excluding tert-OH is 1. The molecule has 0 spiro atoms. The van der Waals surface area contributed by atoms with Crippen LogP contribution in [0.2, 0.25) is 0 Å². The first kappa shape index (κ1) is 22.0. The lowest BCUT2D eigenvalue weighted by molar-refractivity contribution is 0.201. The highest BCUT2D eigenvalue weighted by molar-refractivity contribution is 7.98. The van der Waals surface area contributed by atoms with Crippen LogP contribution in [0, 0.1) is 22.7 Å². The van der Waals surface area contributed by atoms with E-state index in [2.05, 4.69) is 17.1 Å². The molecule has 0 bridgehead atoms. The molecule has 3 rings (SSSR count). The van der Waals surface area contributed by atoms with E-state index in [1.165, 1.54) is 11.8 Å². The summed E-state index contributed by atoms with van der Waals surface area (Å²) in [5, 5.41) is 28.9. The average Bonchev–Trinajstić information content (AvgIpc) is 2.81. The molecule has 0 fully saturated rings. The molecule has 0 atom stereocenters. The van der Waals surface area contributed by atoms with Crippen LogP contribution in [-0.4, -0.2) is 30.4 Å². The number of benzene rings is 2. The van der Waals surface area contributed by atoms with E-state index in [1.807, 2.05) is 24.3 Å². The van der Waals surface area contributed by atoms with Crippen molar-refractivity contribution < 1.29 is 14.6 Å². The van der Waals surface area contributed by atoms with Crippen LogP contribution in [0.3, 0.4) is 0 Å². The Bertz CT molecular complexity index is 1130. The molecule has 0 aliphatic heterocycles. The van der Waals surface area contributed by atoms with E-state index in [4.69, 9.17) is 20.3 Å². The molecule has 31 heavy (non-hydrogen) atoms. The van der Waals surface area contributed by atoms with Crippen LogP contribution in [-0.2, 0) is 5.75 Å². The molecule has 156 valence electrons. The maximum absolute atomic E-state index is 9.89. The minimum Gasteiger partial charge on any atom is -0.497 e. The lowest BCUT2D eigenvalue weighted by atomic mass is 9.97. The summed E-state index contributed by atoms with van der Waals surface area (Å²) in [7, 11) is 1.61. The van der Waals surface area contributed by atoms with Crippen molar-refractivity contribution in [3.8, 4) is 34.8 Å². The normalized spacial score (nSPS) is 10.2. The van der Waals surface area contributed by atoms with Gasteiger partial charge in [-0.3, -0.25) is 0 Å². The van der Waals surface area contributed by atoms with Crippen molar-refractivity contribution in [1.82, 2.24) is 4.98 Å². The molecule has 3 aromatic rings. The van der Waals surface area contributed by atoms with Gasteiger partial charge in [0.25, 0.3) is 0 Å². The third-order valence-corrected chi connectivity index (χ3v) is 5.50. The fraction of sp³-hybridized carbons (Fsp3) is 0.174. The second-order valence-electron chi connectivity index (χ2n) is 6.38. The molecule has 0 unspecified atom stereocenters. The number of rotatable bonds is 8. The molecular weight excluding hydrogens is 412 g/mol. The summed E-state index contributed by atoms with van der Waals surface area (Å²) in [5.41, 5.74) is 8.67. The van der Waals surface area contributed by atoms with Gasteiger partial charge in [-0.05, 0) is 35.4 Å². The molecule has 7 nitrogen and oxygen atoms in total. The Labute approximate surface area is 184 Å². The first-order valence-electron chi connectivity index (χ1n) is 9.34. The van der Waals surface area contributed by atoms with Gasteiger partial charge in [-0.15, -0.1) is 11.8 Å². The highest BCUT2D eigenvalue weighted by atomic mass is 32.2. The number of aliphatic hydroxyl groups is 1. The van der Waals surface area contributed by atoms with Crippen molar-refractivity contribution in [2.45, 2.75) is 10.8 Å². The zero-order valence-corrected chi connectivity index (χ0v) is 17.6. The fourth-order valence-corrected chi connectivity index (χ4v) is 3.90. The lowest BCUT2D eigenvalue weighted by Gasteiger charge is -2.13. The average molecular weight is 433 g/mol. The van der Waals surface area contributed by atoms with E-state index in [9.17, 15) is 10.5 Å². The second-order valence-corrected chi connectivity index (χ2v) is 7.35. The third-order valence-electron chi connectivity index (χ3n) is 4.45. The second kappa shape index (κ2) is 10.4. The van der Waals surface area contributed by atoms with Gasteiger partial charge in [-0.1, -0.05) is 24.3 Å². The van der Waals surface area contributed by atoms with Crippen molar-refractivity contribution in [2.24, 2.45) is 0 Å². The van der Waals surface area contributed by atoms with E-state index < -0.39 is 0 Å². The summed E-state index contributed by atoms with van der Waals surface area (Å²) in [6.07, 6.45) is 0. The Morgan fingerprint density at radius 2 is 1.65 bits per heavy atom. The molecule has 0 aliphatic rings. The maximum Gasteiger partial charge on any atom is 0.143 e. The van der Waals surface area contributed by atoms with E-state index in [0.29, 0.717) is 33.2 Å². The summed E-state index contributed by atoms with van der Waals surface area (Å²) in [5.74, 6) is 1.99. The predicted molar refractivity (Wildman–Crippen MR) is 119 cm³/mol. The maximum atomic E-state index is 9.89. The minimum absolute atomic E-state index is 0.0781. The summed E-state index contributed by atoms with van der Waals surface area (Å²) < 4.78 is 10.6. The Kier molecular flexibility index (Phi) is 7.34. The van der Waals surface area contributed by atoms with E-state index in [1.54, 1.807) is 31.4 Å². The molecule has 0 saturated heterocycles. The third kappa shape index (κ3) is 5.07. The highest BCUT2D eigenvalue weighted by Crippen LogP contribution is 2.37. The Hall–Kier alpha value is -3.72. The highest BCUT2D eigenvalue weighted by Gasteiger charge is 2.20. The van der Waals surface area contributed by atoms with E-state index >= 15 is 0 Å². The van der Waals surface area contributed by atoms with Crippen molar-refractivity contribution in [3.63, 3.8) is 0 Å². The SMILES string of the molecule is COc1ccc(CSc2nc(N)c(C#N)c(-c3ccc(OCCO)cc3)c2C#N)cc1.